The number of ether oxygens (including phenoxy) is 3. The lowest BCUT2D eigenvalue weighted by molar-refractivity contribution is -0.165. The quantitative estimate of drug-likeness (QED) is 0.541. The number of rotatable bonds is 8. The minimum Gasteiger partial charge on any atom is -0.468 e. The highest BCUT2D eigenvalue weighted by Crippen LogP contribution is 2.33. The molecule has 2 aromatic carbocycles. The van der Waals surface area contributed by atoms with Crippen LogP contribution in [0.5, 0.6) is 0 Å². The first-order valence-electron chi connectivity index (χ1n) is 8.36. The van der Waals surface area contributed by atoms with Crippen molar-refractivity contribution in [3.8, 4) is 0 Å². The highest BCUT2D eigenvalue weighted by atomic mass is 16.7. The molecular formula is C20H26O4. The Balaban J connectivity index is 2.42. The van der Waals surface area contributed by atoms with Gasteiger partial charge in [-0.15, -0.1) is 0 Å². The Morgan fingerprint density at radius 2 is 1.67 bits per heavy atom. The van der Waals surface area contributed by atoms with Crippen LogP contribution in [0.25, 0.3) is 10.8 Å². The summed E-state index contributed by atoms with van der Waals surface area (Å²) in [6.07, 6.45) is -0.0461. The summed E-state index contributed by atoms with van der Waals surface area (Å²) in [7, 11) is 1.41. The van der Waals surface area contributed by atoms with Gasteiger partial charge in [-0.3, -0.25) is 4.79 Å². The molecule has 1 unspecified atom stereocenters. The van der Waals surface area contributed by atoms with Crippen molar-refractivity contribution in [1.82, 2.24) is 0 Å². The van der Waals surface area contributed by atoms with Crippen molar-refractivity contribution in [1.29, 1.82) is 0 Å². The van der Waals surface area contributed by atoms with Gasteiger partial charge < -0.3 is 14.2 Å². The molecular weight excluding hydrogens is 304 g/mol. The number of carbonyl (C=O) groups excluding carboxylic acids is 1. The maximum absolute atomic E-state index is 12.6. The van der Waals surface area contributed by atoms with Gasteiger partial charge in [0.25, 0.3) is 0 Å². The third-order valence-electron chi connectivity index (χ3n) is 4.30. The van der Waals surface area contributed by atoms with Gasteiger partial charge in [0, 0.05) is 19.6 Å². The molecule has 0 aromatic heterocycles. The van der Waals surface area contributed by atoms with E-state index in [1.807, 2.05) is 57.2 Å². The van der Waals surface area contributed by atoms with Crippen molar-refractivity contribution in [2.75, 3.05) is 20.3 Å². The molecule has 0 amide bonds. The number of methoxy groups -OCH3 is 1. The maximum atomic E-state index is 12.6. The third-order valence-corrected chi connectivity index (χ3v) is 4.30. The van der Waals surface area contributed by atoms with E-state index in [2.05, 4.69) is 6.07 Å². The second-order valence-corrected chi connectivity index (χ2v) is 5.93. The predicted octanol–water partition coefficient (Wildman–Crippen LogP) is 4.06. The Labute approximate surface area is 143 Å². The average molecular weight is 330 g/mol. The van der Waals surface area contributed by atoms with Crippen LogP contribution in [-0.4, -0.2) is 32.6 Å². The van der Waals surface area contributed by atoms with Crippen molar-refractivity contribution in [3.63, 3.8) is 0 Å². The summed E-state index contributed by atoms with van der Waals surface area (Å²) in [5, 5.41) is 2.23. The van der Waals surface area contributed by atoms with Crippen LogP contribution in [-0.2, 0) is 24.4 Å². The predicted molar refractivity (Wildman–Crippen MR) is 95.0 cm³/mol. The van der Waals surface area contributed by atoms with E-state index in [1.165, 1.54) is 7.11 Å². The number of esters is 1. The van der Waals surface area contributed by atoms with Crippen molar-refractivity contribution in [3.05, 3.63) is 48.0 Å². The molecule has 0 bridgehead atoms. The van der Waals surface area contributed by atoms with Crippen molar-refractivity contribution in [2.24, 2.45) is 0 Å². The first-order valence-corrected chi connectivity index (χ1v) is 8.36. The van der Waals surface area contributed by atoms with Crippen LogP contribution in [0.1, 0.15) is 32.8 Å². The fraction of sp³-hybridized carbons (Fsp3) is 0.450. The molecule has 0 saturated carbocycles. The molecule has 2 aromatic rings. The Kier molecular flexibility index (Phi) is 6.35. The summed E-state index contributed by atoms with van der Waals surface area (Å²) in [6.45, 7) is 6.77. The zero-order chi connectivity index (χ0) is 17.6. The summed E-state index contributed by atoms with van der Waals surface area (Å²) < 4.78 is 16.4. The Morgan fingerprint density at radius 3 is 2.25 bits per heavy atom. The van der Waals surface area contributed by atoms with Crippen molar-refractivity contribution >= 4 is 16.7 Å². The molecule has 0 fully saturated rings. The molecule has 0 aliphatic heterocycles. The molecule has 0 aliphatic rings. The van der Waals surface area contributed by atoms with E-state index in [0.29, 0.717) is 19.6 Å². The topological polar surface area (TPSA) is 44.8 Å². The SMILES string of the molecule is CCOC(CC(C)(C(=O)OC)c1ccc2ccccc2c1)OCC. The second kappa shape index (κ2) is 8.27. The van der Waals surface area contributed by atoms with Gasteiger partial charge >= 0.3 is 5.97 Å². The minimum absolute atomic E-state index is 0.290. The van der Waals surface area contributed by atoms with Gasteiger partial charge in [-0.25, -0.2) is 0 Å². The van der Waals surface area contributed by atoms with Crippen LogP contribution in [0, 0.1) is 0 Å². The molecule has 4 heteroatoms. The second-order valence-electron chi connectivity index (χ2n) is 5.93. The van der Waals surface area contributed by atoms with Crippen molar-refractivity contribution < 1.29 is 19.0 Å². The lowest BCUT2D eigenvalue weighted by Gasteiger charge is -2.31. The van der Waals surface area contributed by atoms with E-state index >= 15 is 0 Å². The summed E-state index contributed by atoms with van der Waals surface area (Å²) in [4.78, 5) is 12.6. The van der Waals surface area contributed by atoms with Gasteiger partial charge in [0.1, 0.15) is 0 Å². The Bertz CT molecular complexity index is 676. The van der Waals surface area contributed by atoms with Crippen LogP contribution >= 0.6 is 0 Å². The molecule has 2 rings (SSSR count). The first kappa shape index (κ1) is 18.4. The molecule has 0 aliphatic carbocycles. The molecule has 0 N–H and O–H groups in total. The van der Waals surface area contributed by atoms with Crippen molar-refractivity contribution in [2.45, 2.75) is 38.9 Å². The summed E-state index contributed by atoms with van der Waals surface area (Å²) in [6, 6.07) is 14.1. The van der Waals surface area contributed by atoms with Gasteiger partial charge in [-0.1, -0.05) is 42.5 Å². The molecule has 0 saturated heterocycles. The van der Waals surface area contributed by atoms with E-state index in [0.717, 1.165) is 16.3 Å². The first-order chi connectivity index (χ1) is 11.5. The summed E-state index contributed by atoms with van der Waals surface area (Å²) in [5.41, 5.74) is 0.0609. The van der Waals surface area contributed by atoms with Crippen LogP contribution in [0.15, 0.2) is 42.5 Å². The van der Waals surface area contributed by atoms with E-state index in [9.17, 15) is 4.79 Å². The molecule has 1 atom stereocenters. The van der Waals surface area contributed by atoms with E-state index < -0.39 is 11.7 Å². The van der Waals surface area contributed by atoms with Gasteiger partial charge in [-0.2, -0.15) is 0 Å². The number of fused-ring (bicyclic) bond motifs is 1. The molecule has 130 valence electrons. The number of hydrogen-bond acceptors (Lipinski definition) is 4. The van der Waals surface area contributed by atoms with Gasteiger partial charge in [0.15, 0.2) is 6.29 Å². The maximum Gasteiger partial charge on any atom is 0.316 e. The van der Waals surface area contributed by atoms with E-state index in [-0.39, 0.29) is 5.97 Å². The van der Waals surface area contributed by atoms with Crippen LogP contribution in [0.4, 0.5) is 0 Å². The fourth-order valence-corrected chi connectivity index (χ4v) is 2.95. The van der Waals surface area contributed by atoms with Crippen LogP contribution in [0.2, 0.25) is 0 Å². The van der Waals surface area contributed by atoms with Gasteiger partial charge in [-0.05, 0) is 37.1 Å². The lowest BCUT2D eigenvalue weighted by atomic mass is 9.78. The van der Waals surface area contributed by atoms with Gasteiger partial charge in [0.2, 0.25) is 0 Å². The zero-order valence-electron chi connectivity index (χ0n) is 14.9. The van der Waals surface area contributed by atoms with E-state index in [1.54, 1.807) is 0 Å². The van der Waals surface area contributed by atoms with E-state index in [4.69, 9.17) is 14.2 Å². The normalized spacial score (nSPS) is 13.9. The molecule has 4 nitrogen and oxygen atoms in total. The summed E-state index contributed by atoms with van der Waals surface area (Å²) in [5.74, 6) is -0.290. The fourth-order valence-electron chi connectivity index (χ4n) is 2.95. The summed E-state index contributed by atoms with van der Waals surface area (Å²) >= 11 is 0. The Hall–Kier alpha value is -1.91. The largest absolute Gasteiger partial charge is 0.468 e. The zero-order valence-corrected chi connectivity index (χ0v) is 14.9. The standard InChI is InChI=1S/C20H26O4/c1-5-23-18(24-6-2)14-20(3,19(21)22-4)17-12-11-15-9-7-8-10-16(15)13-17/h7-13,18H,5-6,14H2,1-4H3. The number of carbonyl (C=O) groups is 1. The smallest absolute Gasteiger partial charge is 0.316 e. The number of benzene rings is 2. The monoisotopic (exact) mass is 330 g/mol. The Morgan fingerprint density at radius 1 is 1.04 bits per heavy atom. The van der Waals surface area contributed by atoms with Crippen LogP contribution < -0.4 is 0 Å². The van der Waals surface area contributed by atoms with Crippen LogP contribution in [0.3, 0.4) is 0 Å². The number of hydrogen-bond donors (Lipinski definition) is 0. The minimum atomic E-state index is -0.839. The average Bonchev–Trinajstić information content (AvgIpc) is 2.60. The molecule has 0 spiro atoms. The highest BCUT2D eigenvalue weighted by Gasteiger charge is 2.39. The van der Waals surface area contributed by atoms with Gasteiger partial charge in [0.05, 0.1) is 12.5 Å². The lowest BCUT2D eigenvalue weighted by Crippen LogP contribution is -2.39. The molecule has 0 radical (unpaired) electrons. The molecule has 24 heavy (non-hydrogen) atoms. The highest BCUT2D eigenvalue weighted by molar-refractivity contribution is 5.87. The third kappa shape index (κ3) is 3.94. The molecule has 0 heterocycles.